The van der Waals surface area contributed by atoms with Gasteiger partial charge in [-0.2, -0.15) is 0 Å². The standard InChI is InChI=1S/C8H8N2O4/c11-8(9-5-1-2-5)6-3-4-7(14-6)10(12)13/h3-5H,1-2H2,(H,9,11). The Kier molecular flexibility index (Phi) is 1.95. The summed E-state index contributed by atoms with van der Waals surface area (Å²) < 4.78 is 4.72. The first-order valence-electron chi connectivity index (χ1n) is 4.22. The lowest BCUT2D eigenvalue weighted by Gasteiger charge is -1.97. The van der Waals surface area contributed by atoms with Crippen LogP contribution < -0.4 is 5.32 Å². The van der Waals surface area contributed by atoms with E-state index in [0.29, 0.717) is 0 Å². The van der Waals surface area contributed by atoms with Crippen LogP contribution in [0.3, 0.4) is 0 Å². The number of rotatable bonds is 3. The molecular formula is C8H8N2O4. The van der Waals surface area contributed by atoms with Crippen LogP contribution in [0.1, 0.15) is 23.4 Å². The van der Waals surface area contributed by atoms with Gasteiger partial charge in [0.1, 0.15) is 4.92 Å². The molecule has 1 aliphatic carbocycles. The SMILES string of the molecule is O=C(NC1CC1)c1ccc([N+](=O)[O-])o1. The second kappa shape index (κ2) is 3.13. The summed E-state index contributed by atoms with van der Waals surface area (Å²) in [7, 11) is 0. The zero-order chi connectivity index (χ0) is 10.1. The molecule has 1 fully saturated rings. The molecular weight excluding hydrogens is 188 g/mol. The van der Waals surface area contributed by atoms with E-state index < -0.39 is 10.8 Å². The Balaban J connectivity index is 2.07. The maximum Gasteiger partial charge on any atom is 0.433 e. The number of carbonyl (C=O) groups excluding carboxylic acids is 1. The normalized spacial score (nSPS) is 15.1. The van der Waals surface area contributed by atoms with E-state index >= 15 is 0 Å². The first-order chi connectivity index (χ1) is 6.66. The molecule has 6 heteroatoms. The summed E-state index contributed by atoms with van der Waals surface area (Å²) in [5, 5.41) is 12.9. The highest BCUT2D eigenvalue weighted by Crippen LogP contribution is 2.21. The number of carbonyl (C=O) groups is 1. The number of hydrogen-bond acceptors (Lipinski definition) is 4. The van der Waals surface area contributed by atoms with Crippen molar-refractivity contribution in [3.8, 4) is 0 Å². The summed E-state index contributed by atoms with van der Waals surface area (Å²) in [6.07, 6.45) is 1.93. The molecule has 1 aliphatic rings. The van der Waals surface area contributed by atoms with Crippen LogP contribution in [0.25, 0.3) is 0 Å². The molecule has 0 bridgehead atoms. The highest BCUT2D eigenvalue weighted by molar-refractivity contribution is 5.92. The maximum absolute atomic E-state index is 11.3. The van der Waals surface area contributed by atoms with Gasteiger partial charge in [0.15, 0.2) is 5.76 Å². The van der Waals surface area contributed by atoms with E-state index in [9.17, 15) is 14.9 Å². The molecule has 2 rings (SSSR count). The second-order valence-electron chi connectivity index (χ2n) is 3.14. The van der Waals surface area contributed by atoms with Crippen LogP contribution in [0.4, 0.5) is 5.88 Å². The van der Waals surface area contributed by atoms with Gasteiger partial charge in [0, 0.05) is 6.04 Å². The molecule has 1 aromatic heterocycles. The third-order valence-electron chi connectivity index (χ3n) is 1.91. The van der Waals surface area contributed by atoms with Crippen LogP contribution in [0.2, 0.25) is 0 Å². The van der Waals surface area contributed by atoms with Crippen molar-refractivity contribution in [2.24, 2.45) is 0 Å². The molecule has 0 unspecified atom stereocenters. The van der Waals surface area contributed by atoms with Crippen molar-refractivity contribution < 1.29 is 14.1 Å². The Morgan fingerprint density at radius 2 is 2.29 bits per heavy atom. The molecule has 1 aromatic rings. The van der Waals surface area contributed by atoms with Gasteiger partial charge in [-0.05, 0) is 18.9 Å². The van der Waals surface area contributed by atoms with E-state index in [1.165, 1.54) is 12.1 Å². The molecule has 0 aliphatic heterocycles. The summed E-state index contributed by atoms with van der Waals surface area (Å²) in [6, 6.07) is 2.68. The Morgan fingerprint density at radius 3 is 2.79 bits per heavy atom. The Bertz CT molecular complexity index is 380. The minimum atomic E-state index is -0.673. The molecule has 1 N–H and O–H groups in total. The van der Waals surface area contributed by atoms with Crippen molar-refractivity contribution in [2.75, 3.05) is 0 Å². The first kappa shape index (κ1) is 8.74. The van der Waals surface area contributed by atoms with Gasteiger partial charge < -0.3 is 9.73 Å². The van der Waals surface area contributed by atoms with Gasteiger partial charge in [-0.3, -0.25) is 14.9 Å². The van der Waals surface area contributed by atoms with Crippen molar-refractivity contribution in [3.63, 3.8) is 0 Å². The van der Waals surface area contributed by atoms with Gasteiger partial charge in [0.25, 0.3) is 5.91 Å². The lowest BCUT2D eigenvalue weighted by atomic mass is 10.4. The zero-order valence-corrected chi connectivity index (χ0v) is 7.23. The Morgan fingerprint density at radius 1 is 1.57 bits per heavy atom. The molecule has 0 spiro atoms. The number of nitrogens with one attached hydrogen (secondary N) is 1. The summed E-state index contributed by atoms with van der Waals surface area (Å²) in [4.78, 5) is 20.9. The average molecular weight is 196 g/mol. The maximum atomic E-state index is 11.3. The van der Waals surface area contributed by atoms with E-state index in [-0.39, 0.29) is 17.7 Å². The monoisotopic (exact) mass is 196 g/mol. The Hall–Kier alpha value is -1.85. The smallest absolute Gasteiger partial charge is 0.395 e. The van der Waals surface area contributed by atoms with Gasteiger partial charge in [-0.1, -0.05) is 0 Å². The minimum absolute atomic E-state index is 0.0106. The minimum Gasteiger partial charge on any atom is -0.395 e. The topological polar surface area (TPSA) is 85.4 Å². The van der Waals surface area contributed by atoms with E-state index in [1.54, 1.807) is 0 Å². The fourth-order valence-electron chi connectivity index (χ4n) is 1.03. The second-order valence-corrected chi connectivity index (χ2v) is 3.14. The van der Waals surface area contributed by atoms with Crippen LogP contribution in [0.15, 0.2) is 16.5 Å². The molecule has 1 saturated carbocycles. The van der Waals surface area contributed by atoms with Crippen molar-refractivity contribution in [1.29, 1.82) is 0 Å². The van der Waals surface area contributed by atoms with Crippen molar-refractivity contribution in [2.45, 2.75) is 18.9 Å². The fourth-order valence-corrected chi connectivity index (χ4v) is 1.03. The average Bonchev–Trinajstić information content (AvgIpc) is 2.81. The van der Waals surface area contributed by atoms with E-state index in [0.717, 1.165) is 12.8 Å². The fraction of sp³-hybridized carbons (Fsp3) is 0.375. The first-order valence-corrected chi connectivity index (χ1v) is 4.22. The molecule has 0 aromatic carbocycles. The predicted molar refractivity (Wildman–Crippen MR) is 45.9 cm³/mol. The number of amides is 1. The quantitative estimate of drug-likeness (QED) is 0.579. The molecule has 74 valence electrons. The van der Waals surface area contributed by atoms with Crippen LogP contribution in [0, 0.1) is 10.1 Å². The highest BCUT2D eigenvalue weighted by Gasteiger charge is 2.26. The van der Waals surface area contributed by atoms with Crippen LogP contribution in [0.5, 0.6) is 0 Å². The Labute approximate surface area is 79.0 Å². The zero-order valence-electron chi connectivity index (χ0n) is 7.23. The van der Waals surface area contributed by atoms with E-state index in [4.69, 9.17) is 4.42 Å². The largest absolute Gasteiger partial charge is 0.433 e. The number of nitrogens with zero attached hydrogens (tertiary/aromatic N) is 1. The van der Waals surface area contributed by atoms with Gasteiger partial charge in [-0.25, -0.2) is 0 Å². The highest BCUT2D eigenvalue weighted by atomic mass is 16.6. The summed E-state index contributed by atoms with van der Waals surface area (Å²) >= 11 is 0. The van der Waals surface area contributed by atoms with Crippen molar-refractivity contribution in [1.82, 2.24) is 5.32 Å². The number of hydrogen-bond donors (Lipinski definition) is 1. The lowest BCUT2D eigenvalue weighted by Crippen LogP contribution is -2.24. The summed E-state index contributed by atoms with van der Waals surface area (Å²) in [5.74, 6) is -0.810. The molecule has 0 atom stereocenters. The van der Waals surface area contributed by atoms with Crippen molar-refractivity contribution in [3.05, 3.63) is 28.0 Å². The third kappa shape index (κ3) is 1.73. The van der Waals surface area contributed by atoms with Crippen molar-refractivity contribution >= 4 is 11.8 Å². The van der Waals surface area contributed by atoms with Gasteiger partial charge in [-0.15, -0.1) is 0 Å². The molecule has 6 nitrogen and oxygen atoms in total. The third-order valence-corrected chi connectivity index (χ3v) is 1.91. The van der Waals surface area contributed by atoms with E-state index in [1.807, 2.05) is 0 Å². The van der Waals surface area contributed by atoms with Gasteiger partial charge in [0.05, 0.1) is 6.07 Å². The number of furan rings is 1. The number of nitro groups is 1. The van der Waals surface area contributed by atoms with E-state index in [2.05, 4.69) is 5.32 Å². The lowest BCUT2D eigenvalue weighted by molar-refractivity contribution is -0.402. The van der Waals surface area contributed by atoms with Crippen LogP contribution >= 0.6 is 0 Å². The van der Waals surface area contributed by atoms with Crippen LogP contribution in [-0.4, -0.2) is 16.9 Å². The summed E-state index contributed by atoms with van der Waals surface area (Å²) in [5.41, 5.74) is 0. The molecule has 0 saturated heterocycles. The molecule has 1 heterocycles. The molecule has 1 amide bonds. The van der Waals surface area contributed by atoms with Gasteiger partial charge in [0.2, 0.25) is 0 Å². The molecule has 0 radical (unpaired) electrons. The predicted octanol–water partition coefficient (Wildman–Crippen LogP) is 1.08. The molecule has 14 heavy (non-hydrogen) atoms. The summed E-state index contributed by atoms with van der Waals surface area (Å²) in [6.45, 7) is 0. The van der Waals surface area contributed by atoms with Crippen LogP contribution in [-0.2, 0) is 0 Å². The van der Waals surface area contributed by atoms with Gasteiger partial charge >= 0.3 is 5.88 Å².